The minimum absolute atomic E-state index is 0.282. The molecule has 0 aliphatic heterocycles. The number of sulfonamides is 1. The number of aryl methyl sites for hydroxylation is 1. The van der Waals surface area contributed by atoms with Crippen LogP contribution in [0.2, 0.25) is 0 Å². The fourth-order valence-electron chi connectivity index (χ4n) is 3.58. The van der Waals surface area contributed by atoms with E-state index in [4.69, 9.17) is 5.73 Å². The third-order valence-electron chi connectivity index (χ3n) is 5.35. The van der Waals surface area contributed by atoms with Gasteiger partial charge >= 0.3 is 205 Å². The first-order chi connectivity index (χ1) is 16.0. The van der Waals surface area contributed by atoms with E-state index < -0.39 is 39.5 Å². The molecule has 0 aliphatic carbocycles. The van der Waals surface area contributed by atoms with E-state index in [1.54, 1.807) is 15.2 Å². The van der Waals surface area contributed by atoms with Gasteiger partial charge in [0.15, 0.2) is 0 Å². The molecule has 0 bridgehead atoms. The molecular formula is C27H27N2O2RuS. The van der Waals surface area contributed by atoms with Crippen LogP contribution < -0.4 is 9.89 Å². The Morgan fingerprint density at radius 3 is 1.73 bits per heavy atom. The van der Waals surface area contributed by atoms with Crippen molar-refractivity contribution >= 4 is 14.2 Å². The number of hydrogen-bond acceptors (Lipinski definition) is 3. The summed E-state index contributed by atoms with van der Waals surface area (Å²) in [6.45, 7) is 1.95. The van der Waals surface area contributed by atoms with Gasteiger partial charge in [0.2, 0.25) is 0 Å². The number of hydrogen-bond donors (Lipinski definition) is 1. The van der Waals surface area contributed by atoms with E-state index in [1.807, 2.05) is 110 Å². The van der Waals surface area contributed by atoms with E-state index in [0.717, 1.165) is 20.8 Å². The van der Waals surface area contributed by atoms with E-state index in [9.17, 15) is 8.42 Å². The third-order valence-corrected chi connectivity index (χ3v) is 10.7. The summed E-state index contributed by atoms with van der Waals surface area (Å²) >= 11 is -1.09. The molecule has 6 heteroatoms. The molecule has 4 nitrogen and oxygen atoms in total. The number of nitrogens with zero attached hydrogens (tertiary/aromatic N) is 1. The van der Waals surface area contributed by atoms with E-state index in [1.165, 1.54) is 0 Å². The standard InChI is InChI=1S/C21H21N2O2S.C6H5.Ru.H/c1-16-12-14-19(15-13-16)26(24,25)23-21(18-10-6-3-7-11-18)20(22)17-8-4-2-5-9-17;1-2-4-6-5-3-1;;/h2-15,20-21H,22H2,1H3;1-5H;;/q-1;;+1;. The molecular weight excluding hydrogens is 517 g/mol. The molecule has 0 spiro atoms. The van der Waals surface area contributed by atoms with Crippen LogP contribution in [-0.2, 0) is 27.4 Å². The summed E-state index contributed by atoms with van der Waals surface area (Å²) in [7, 11) is -3.81. The summed E-state index contributed by atoms with van der Waals surface area (Å²) in [5.41, 5.74) is 9.62. The summed E-state index contributed by atoms with van der Waals surface area (Å²) in [4.78, 5) is 0.282. The Balaban J connectivity index is 1.88. The SMILES string of the molecule is Cc1ccc(S(=O)(=O)[N]([RuH][c]2ccccc2)C(c2ccccc2)C(N)c2ccccc2)cc1. The second kappa shape index (κ2) is 10.5. The van der Waals surface area contributed by atoms with Crippen molar-refractivity contribution in [1.29, 1.82) is 0 Å². The Kier molecular flexibility index (Phi) is 7.51. The van der Waals surface area contributed by atoms with Crippen LogP contribution in [0, 0.1) is 6.92 Å². The van der Waals surface area contributed by atoms with Crippen molar-refractivity contribution < 1.29 is 25.8 Å². The molecule has 0 saturated heterocycles. The quantitative estimate of drug-likeness (QED) is 0.333. The Labute approximate surface area is 204 Å². The van der Waals surface area contributed by atoms with E-state index in [2.05, 4.69) is 0 Å². The predicted octanol–water partition coefficient (Wildman–Crippen LogP) is 4.48. The number of rotatable bonds is 8. The summed E-state index contributed by atoms with van der Waals surface area (Å²) in [6, 6.07) is 35.2. The van der Waals surface area contributed by atoms with Crippen molar-refractivity contribution in [3.8, 4) is 0 Å². The van der Waals surface area contributed by atoms with Crippen LogP contribution in [-0.4, -0.2) is 11.5 Å². The van der Waals surface area contributed by atoms with Crippen LogP contribution >= 0.6 is 0 Å². The first-order valence-corrected chi connectivity index (χ1v) is 13.8. The van der Waals surface area contributed by atoms with E-state index in [0.29, 0.717) is 0 Å². The Bertz CT molecular complexity index is 1270. The molecule has 0 fully saturated rings. The maximum absolute atomic E-state index is 14.1. The average Bonchev–Trinajstić information content (AvgIpc) is 2.85. The molecule has 0 saturated carbocycles. The van der Waals surface area contributed by atoms with E-state index in [-0.39, 0.29) is 4.90 Å². The molecule has 2 atom stereocenters. The molecule has 4 aromatic carbocycles. The molecule has 0 aromatic heterocycles. The van der Waals surface area contributed by atoms with Gasteiger partial charge in [0.1, 0.15) is 0 Å². The molecule has 2 unspecified atom stereocenters. The fourth-order valence-corrected chi connectivity index (χ4v) is 8.58. The summed E-state index contributed by atoms with van der Waals surface area (Å²) in [6.07, 6.45) is 0. The molecule has 4 aromatic rings. The zero-order valence-electron chi connectivity index (χ0n) is 18.3. The second-order valence-corrected chi connectivity index (χ2v) is 12.5. The second-order valence-electron chi connectivity index (χ2n) is 7.73. The molecule has 0 aliphatic rings. The van der Waals surface area contributed by atoms with Gasteiger partial charge in [-0.3, -0.25) is 0 Å². The van der Waals surface area contributed by atoms with Crippen LogP contribution in [0.3, 0.4) is 0 Å². The van der Waals surface area contributed by atoms with Crippen LogP contribution in [0.4, 0.5) is 0 Å². The van der Waals surface area contributed by atoms with Crippen LogP contribution in [0.5, 0.6) is 0 Å². The zero-order chi connectivity index (χ0) is 23.3. The average molecular weight is 545 g/mol. The van der Waals surface area contributed by atoms with Crippen LogP contribution in [0.25, 0.3) is 0 Å². The zero-order valence-corrected chi connectivity index (χ0v) is 20.9. The van der Waals surface area contributed by atoms with Gasteiger partial charge in [0.05, 0.1) is 0 Å². The number of benzene rings is 4. The summed E-state index contributed by atoms with van der Waals surface area (Å²) in [5.74, 6) is 0. The van der Waals surface area contributed by atoms with Gasteiger partial charge in [-0.05, 0) is 0 Å². The topological polar surface area (TPSA) is 63.4 Å². The van der Waals surface area contributed by atoms with Crippen molar-refractivity contribution in [3.05, 3.63) is 132 Å². The Hall–Kier alpha value is -2.63. The third kappa shape index (κ3) is 5.48. The predicted molar refractivity (Wildman–Crippen MR) is 130 cm³/mol. The maximum atomic E-state index is 14.1. The van der Waals surface area contributed by atoms with Gasteiger partial charge in [-0.25, -0.2) is 0 Å². The molecule has 171 valence electrons. The molecule has 0 heterocycles. The first kappa shape index (κ1) is 23.5. The van der Waals surface area contributed by atoms with Crippen LogP contribution in [0.1, 0.15) is 28.8 Å². The molecule has 2 N–H and O–H groups in total. The minimum atomic E-state index is -3.81. The summed E-state index contributed by atoms with van der Waals surface area (Å²) < 4.78 is 30.9. The van der Waals surface area contributed by atoms with Gasteiger partial charge in [0, 0.05) is 0 Å². The molecule has 0 radical (unpaired) electrons. The Morgan fingerprint density at radius 1 is 0.697 bits per heavy atom. The fraction of sp³-hybridized carbons (Fsp3) is 0.111. The molecule has 0 amide bonds. The van der Waals surface area contributed by atoms with Gasteiger partial charge in [0.25, 0.3) is 0 Å². The van der Waals surface area contributed by atoms with Gasteiger partial charge < -0.3 is 0 Å². The van der Waals surface area contributed by atoms with Crippen molar-refractivity contribution in [1.82, 2.24) is 3.05 Å². The monoisotopic (exact) mass is 545 g/mol. The van der Waals surface area contributed by atoms with E-state index >= 15 is 0 Å². The van der Waals surface area contributed by atoms with Gasteiger partial charge in [-0.1, -0.05) is 0 Å². The van der Waals surface area contributed by atoms with Crippen molar-refractivity contribution in [2.24, 2.45) is 5.73 Å². The molecule has 33 heavy (non-hydrogen) atoms. The van der Waals surface area contributed by atoms with Crippen molar-refractivity contribution in [3.63, 3.8) is 0 Å². The van der Waals surface area contributed by atoms with Gasteiger partial charge in [-0.15, -0.1) is 0 Å². The van der Waals surface area contributed by atoms with Crippen molar-refractivity contribution in [2.75, 3.05) is 0 Å². The molecule has 4 rings (SSSR count). The van der Waals surface area contributed by atoms with Crippen molar-refractivity contribution in [2.45, 2.75) is 23.9 Å². The van der Waals surface area contributed by atoms with Gasteiger partial charge in [-0.2, -0.15) is 0 Å². The first-order valence-electron chi connectivity index (χ1n) is 10.6. The van der Waals surface area contributed by atoms with Crippen LogP contribution in [0.15, 0.2) is 120 Å². The number of nitrogens with two attached hydrogens (primary N) is 1. The summed E-state index contributed by atoms with van der Waals surface area (Å²) in [5, 5.41) is 0. The Morgan fingerprint density at radius 2 is 1.18 bits per heavy atom. The normalized spacial score (nSPS) is 13.7.